The maximum absolute atomic E-state index is 6.10. The normalized spacial score (nSPS) is 14.1. The van der Waals surface area contributed by atoms with Crippen LogP contribution in [0.3, 0.4) is 0 Å². The van der Waals surface area contributed by atoms with Gasteiger partial charge in [-0.1, -0.05) is 50.4 Å². The van der Waals surface area contributed by atoms with Gasteiger partial charge in [0, 0.05) is 18.7 Å². The van der Waals surface area contributed by atoms with Crippen LogP contribution < -0.4 is 5.32 Å². The predicted octanol–water partition coefficient (Wildman–Crippen LogP) is 4.56. The number of benzene rings is 1. The molecule has 1 aromatic carbocycles. The second-order valence-electron chi connectivity index (χ2n) is 6.03. The van der Waals surface area contributed by atoms with E-state index in [9.17, 15) is 0 Å². The highest BCUT2D eigenvalue weighted by atomic mass is 35.5. The first-order chi connectivity index (χ1) is 10.2. The molecular formula is C18H30ClNO. The third kappa shape index (κ3) is 8.45. The number of methoxy groups -OCH3 is 1. The van der Waals surface area contributed by atoms with Gasteiger partial charge in [-0.3, -0.25) is 0 Å². The molecule has 0 heterocycles. The highest BCUT2D eigenvalue weighted by molar-refractivity contribution is 6.30. The van der Waals surface area contributed by atoms with Crippen molar-refractivity contribution in [3.63, 3.8) is 0 Å². The fourth-order valence-electron chi connectivity index (χ4n) is 2.90. The summed E-state index contributed by atoms with van der Waals surface area (Å²) in [4.78, 5) is 0. The molecule has 0 radical (unpaired) electrons. The second-order valence-corrected chi connectivity index (χ2v) is 6.46. The van der Waals surface area contributed by atoms with Crippen molar-refractivity contribution in [2.75, 3.05) is 26.8 Å². The van der Waals surface area contributed by atoms with Gasteiger partial charge in [0.2, 0.25) is 0 Å². The van der Waals surface area contributed by atoms with Crippen LogP contribution in [0.2, 0.25) is 5.02 Å². The van der Waals surface area contributed by atoms with E-state index in [2.05, 4.69) is 31.3 Å². The highest BCUT2D eigenvalue weighted by Gasteiger charge is 2.14. The summed E-state index contributed by atoms with van der Waals surface area (Å²) in [5.41, 5.74) is 1.34. The van der Waals surface area contributed by atoms with E-state index in [-0.39, 0.29) is 0 Å². The van der Waals surface area contributed by atoms with E-state index in [0.29, 0.717) is 5.92 Å². The molecule has 120 valence electrons. The maximum Gasteiger partial charge on any atom is 0.0587 e. The Hall–Kier alpha value is -0.570. The summed E-state index contributed by atoms with van der Waals surface area (Å²) in [6, 6.07) is 8.26. The van der Waals surface area contributed by atoms with Crippen LogP contribution in [0.25, 0.3) is 0 Å². The zero-order valence-corrected chi connectivity index (χ0v) is 14.5. The molecule has 2 atom stereocenters. The molecule has 0 aliphatic heterocycles. The Bertz CT molecular complexity index is 383. The summed E-state index contributed by atoms with van der Waals surface area (Å²) in [6.45, 7) is 7.37. The monoisotopic (exact) mass is 311 g/mol. The summed E-state index contributed by atoms with van der Waals surface area (Å²) in [6.07, 6.45) is 4.93. The van der Waals surface area contributed by atoms with Gasteiger partial charge in [0.25, 0.3) is 0 Å². The van der Waals surface area contributed by atoms with E-state index in [4.69, 9.17) is 16.3 Å². The average molecular weight is 312 g/mol. The Morgan fingerprint density at radius 3 is 2.81 bits per heavy atom. The molecule has 0 bridgehead atoms. The molecule has 1 N–H and O–H groups in total. The van der Waals surface area contributed by atoms with Crippen molar-refractivity contribution in [2.24, 2.45) is 11.8 Å². The Balaban J connectivity index is 2.53. The molecule has 0 fully saturated rings. The number of rotatable bonds is 11. The van der Waals surface area contributed by atoms with Gasteiger partial charge in [-0.15, -0.1) is 0 Å². The minimum absolute atomic E-state index is 0.655. The molecule has 2 nitrogen and oxygen atoms in total. The van der Waals surface area contributed by atoms with E-state index >= 15 is 0 Å². The molecule has 2 unspecified atom stereocenters. The van der Waals surface area contributed by atoms with E-state index in [1.54, 1.807) is 7.11 Å². The molecule has 3 heteroatoms. The van der Waals surface area contributed by atoms with Crippen molar-refractivity contribution in [1.82, 2.24) is 5.32 Å². The fraction of sp³-hybridized carbons (Fsp3) is 0.667. The molecule has 0 amide bonds. The van der Waals surface area contributed by atoms with Crippen molar-refractivity contribution in [2.45, 2.75) is 39.5 Å². The number of hydrogen-bond donors (Lipinski definition) is 1. The smallest absolute Gasteiger partial charge is 0.0587 e. The van der Waals surface area contributed by atoms with Crippen LogP contribution >= 0.6 is 11.6 Å². The van der Waals surface area contributed by atoms with Gasteiger partial charge in [-0.2, -0.15) is 0 Å². The van der Waals surface area contributed by atoms with Crippen molar-refractivity contribution >= 4 is 11.6 Å². The van der Waals surface area contributed by atoms with Gasteiger partial charge in [-0.05, 0) is 48.9 Å². The van der Waals surface area contributed by atoms with Gasteiger partial charge in [-0.25, -0.2) is 0 Å². The van der Waals surface area contributed by atoms with Gasteiger partial charge in [0.05, 0.1) is 6.61 Å². The molecule has 0 saturated carbocycles. The van der Waals surface area contributed by atoms with Crippen LogP contribution in [0, 0.1) is 11.8 Å². The topological polar surface area (TPSA) is 21.3 Å². The molecule has 0 aliphatic carbocycles. The van der Waals surface area contributed by atoms with Gasteiger partial charge < -0.3 is 10.1 Å². The Kier molecular flexibility index (Phi) is 9.73. The first-order valence-corrected chi connectivity index (χ1v) is 8.47. The SMILES string of the molecule is CCCC(C)CC(CNCCOC)Cc1cccc(Cl)c1. The molecule has 0 spiro atoms. The first-order valence-electron chi connectivity index (χ1n) is 8.09. The van der Waals surface area contributed by atoms with Crippen LogP contribution in [0.1, 0.15) is 38.7 Å². The number of hydrogen-bond acceptors (Lipinski definition) is 2. The Morgan fingerprint density at radius 1 is 1.33 bits per heavy atom. The molecule has 0 saturated heterocycles. The quantitative estimate of drug-likeness (QED) is 0.605. The largest absolute Gasteiger partial charge is 0.383 e. The molecule has 0 aromatic heterocycles. The third-order valence-corrected chi connectivity index (χ3v) is 4.08. The zero-order valence-electron chi connectivity index (χ0n) is 13.7. The standard InChI is InChI=1S/C18H30ClNO/c1-4-6-15(2)11-17(14-20-9-10-21-3)12-16-7-5-8-18(19)13-16/h5,7-8,13,15,17,20H,4,6,9-12,14H2,1-3H3. The third-order valence-electron chi connectivity index (χ3n) is 3.85. The lowest BCUT2D eigenvalue weighted by atomic mass is 9.88. The fourth-order valence-corrected chi connectivity index (χ4v) is 3.11. The van der Waals surface area contributed by atoms with E-state index < -0.39 is 0 Å². The summed E-state index contributed by atoms with van der Waals surface area (Å²) >= 11 is 6.10. The molecule has 1 aromatic rings. The Labute approximate surface area is 135 Å². The number of halogens is 1. The van der Waals surface area contributed by atoms with Gasteiger partial charge in [0.1, 0.15) is 0 Å². The van der Waals surface area contributed by atoms with Crippen molar-refractivity contribution in [3.05, 3.63) is 34.9 Å². The number of nitrogens with one attached hydrogen (secondary N) is 1. The van der Waals surface area contributed by atoms with Crippen molar-refractivity contribution < 1.29 is 4.74 Å². The molecule has 21 heavy (non-hydrogen) atoms. The number of ether oxygens (including phenoxy) is 1. The lowest BCUT2D eigenvalue weighted by molar-refractivity contribution is 0.196. The van der Waals surface area contributed by atoms with Crippen LogP contribution in [-0.4, -0.2) is 26.8 Å². The minimum Gasteiger partial charge on any atom is -0.383 e. The highest BCUT2D eigenvalue weighted by Crippen LogP contribution is 2.21. The maximum atomic E-state index is 6.10. The summed E-state index contributed by atoms with van der Waals surface area (Å²) < 4.78 is 5.10. The van der Waals surface area contributed by atoms with Crippen LogP contribution in [0.4, 0.5) is 0 Å². The predicted molar refractivity (Wildman–Crippen MR) is 92.1 cm³/mol. The molecule has 1 rings (SSSR count). The zero-order chi connectivity index (χ0) is 15.5. The van der Waals surface area contributed by atoms with E-state index in [1.807, 2.05) is 12.1 Å². The van der Waals surface area contributed by atoms with Crippen LogP contribution in [0.5, 0.6) is 0 Å². The first kappa shape index (κ1) is 18.5. The summed E-state index contributed by atoms with van der Waals surface area (Å²) in [5.74, 6) is 1.44. The second kappa shape index (κ2) is 11.1. The average Bonchev–Trinajstić information content (AvgIpc) is 2.43. The van der Waals surface area contributed by atoms with Gasteiger partial charge in [0.15, 0.2) is 0 Å². The van der Waals surface area contributed by atoms with Crippen LogP contribution in [-0.2, 0) is 11.2 Å². The van der Waals surface area contributed by atoms with Crippen LogP contribution in [0.15, 0.2) is 24.3 Å². The lowest BCUT2D eigenvalue weighted by Crippen LogP contribution is -2.28. The van der Waals surface area contributed by atoms with Crippen molar-refractivity contribution in [3.8, 4) is 0 Å². The molecule has 0 aliphatic rings. The summed E-state index contributed by atoms with van der Waals surface area (Å²) in [7, 11) is 1.74. The summed E-state index contributed by atoms with van der Waals surface area (Å²) in [5, 5.41) is 4.34. The van der Waals surface area contributed by atoms with Crippen molar-refractivity contribution in [1.29, 1.82) is 0 Å². The van der Waals surface area contributed by atoms with Gasteiger partial charge >= 0.3 is 0 Å². The Morgan fingerprint density at radius 2 is 2.14 bits per heavy atom. The van der Waals surface area contributed by atoms with E-state index in [0.717, 1.165) is 37.1 Å². The molecular weight excluding hydrogens is 282 g/mol. The minimum atomic E-state index is 0.655. The lowest BCUT2D eigenvalue weighted by Gasteiger charge is -2.21. The van der Waals surface area contributed by atoms with E-state index in [1.165, 1.54) is 24.8 Å².